The molecule has 1 aliphatic heterocycles. The first-order valence-corrected chi connectivity index (χ1v) is 10.8. The highest BCUT2D eigenvalue weighted by atomic mass is 16.2. The summed E-state index contributed by atoms with van der Waals surface area (Å²) in [6.07, 6.45) is 3.21. The molecule has 162 valence electrons. The third kappa shape index (κ3) is 4.94. The summed E-state index contributed by atoms with van der Waals surface area (Å²) < 4.78 is 1.73. The fraction of sp³-hybridized carbons (Fsp3) is 0.375. The van der Waals surface area contributed by atoms with Crippen LogP contribution in [-0.4, -0.2) is 70.2 Å². The van der Waals surface area contributed by atoms with E-state index in [0.717, 1.165) is 31.9 Å². The van der Waals surface area contributed by atoms with Gasteiger partial charge in [-0.25, -0.2) is 9.67 Å². The number of likely N-dealkylation sites (N-methyl/N-ethyl adjacent to an activating group) is 1. The minimum absolute atomic E-state index is 0.141. The van der Waals surface area contributed by atoms with E-state index in [4.69, 9.17) is 0 Å². The van der Waals surface area contributed by atoms with Crippen molar-refractivity contribution in [3.05, 3.63) is 72.3 Å². The molecule has 1 fully saturated rings. The van der Waals surface area contributed by atoms with E-state index in [-0.39, 0.29) is 11.9 Å². The number of aryl methyl sites for hydroxylation is 1. The molecule has 7 heteroatoms. The van der Waals surface area contributed by atoms with Crippen molar-refractivity contribution in [2.45, 2.75) is 19.9 Å². The Labute approximate surface area is 183 Å². The van der Waals surface area contributed by atoms with Crippen LogP contribution in [0.3, 0.4) is 0 Å². The Balaban J connectivity index is 1.30. The first-order valence-electron chi connectivity index (χ1n) is 10.8. The van der Waals surface area contributed by atoms with Crippen LogP contribution >= 0.6 is 0 Å². The van der Waals surface area contributed by atoms with Crippen molar-refractivity contribution in [3.8, 4) is 5.69 Å². The highest BCUT2D eigenvalue weighted by Gasteiger charge is 2.23. The molecule has 4 rings (SSSR count). The van der Waals surface area contributed by atoms with Gasteiger partial charge in [-0.05, 0) is 56.3 Å². The van der Waals surface area contributed by atoms with Gasteiger partial charge in [0, 0.05) is 37.9 Å². The SMILES string of the molecule is Cc1cccc(N2CCN(C(=O)CN(C)C(C)c3ccc(-n4cncn4)cc3)CC2)c1. The monoisotopic (exact) mass is 418 g/mol. The summed E-state index contributed by atoms with van der Waals surface area (Å²) >= 11 is 0. The van der Waals surface area contributed by atoms with E-state index in [1.54, 1.807) is 11.0 Å². The lowest BCUT2D eigenvalue weighted by Crippen LogP contribution is -2.51. The summed E-state index contributed by atoms with van der Waals surface area (Å²) in [7, 11) is 2.01. The second-order valence-electron chi connectivity index (χ2n) is 8.23. The molecule has 1 saturated heterocycles. The van der Waals surface area contributed by atoms with Gasteiger partial charge in [-0.3, -0.25) is 9.69 Å². The topological polar surface area (TPSA) is 57.5 Å². The maximum atomic E-state index is 12.9. The molecule has 1 aromatic heterocycles. The average molecular weight is 419 g/mol. The van der Waals surface area contributed by atoms with Crippen LogP contribution in [0.15, 0.2) is 61.2 Å². The lowest BCUT2D eigenvalue weighted by Gasteiger charge is -2.37. The molecule has 0 saturated carbocycles. The van der Waals surface area contributed by atoms with Gasteiger partial charge in [-0.1, -0.05) is 24.3 Å². The van der Waals surface area contributed by atoms with Gasteiger partial charge in [0.15, 0.2) is 0 Å². The highest BCUT2D eigenvalue weighted by molar-refractivity contribution is 5.78. The van der Waals surface area contributed by atoms with Gasteiger partial charge >= 0.3 is 0 Å². The van der Waals surface area contributed by atoms with Gasteiger partial charge in [-0.2, -0.15) is 5.10 Å². The molecule has 3 aromatic rings. The zero-order valence-corrected chi connectivity index (χ0v) is 18.5. The Morgan fingerprint density at radius 1 is 1.06 bits per heavy atom. The smallest absolute Gasteiger partial charge is 0.236 e. The number of hydrogen-bond acceptors (Lipinski definition) is 5. The molecule has 31 heavy (non-hydrogen) atoms. The number of benzene rings is 2. The molecule has 2 aromatic carbocycles. The van der Waals surface area contributed by atoms with Crippen LogP contribution in [0.1, 0.15) is 24.1 Å². The first kappa shape index (κ1) is 21.1. The number of nitrogens with zero attached hydrogens (tertiary/aromatic N) is 6. The number of carbonyl (C=O) groups excluding carboxylic acids is 1. The maximum absolute atomic E-state index is 12.9. The number of hydrogen-bond donors (Lipinski definition) is 0. The molecule has 0 spiro atoms. The minimum atomic E-state index is 0.141. The maximum Gasteiger partial charge on any atom is 0.236 e. The molecule has 0 radical (unpaired) electrons. The standard InChI is InChI=1S/C24H30N6O/c1-19-5-4-6-23(15-19)28-11-13-29(14-12-28)24(31)16-27(3)20(2)21-7-9-22(10-8-21)30-18-25-17-26-30/h4-10,15,17-18,20H,11-14,16H2,1-3H3. The van der Waals surface area contributed by atoms with Gasteiger partial charge in [-0.15, -0.1) is 0 Å². The molecule has 1 atom stereocenters. The normalized spacial score (nSPS) is 15.4. The van der Waals surface area contributed by atoms with Crippen LogP contribution in [0, 0.1) is 6.92 Å². The van der Waals surface area contributed by atoms with E-state index in [2.05, 4.69) is 70.1 Å². The molecule has 0 N–H and O–H groups in total. The van der Waals surface area contributed by atoms with Crippen LogP contribution in [0.25, 0.3) is 5.69 Å². The number of anilines is 1. The van der Waals surface area contributed by atoms with E-state index in [1.165, 1.54) is 23.1 Å². The van der Waals surface area contributed by atoms with Crippen molar-refractivity contribution in [1.29, 1.82) is 0 Å². The molecule has 7 nitrogen and oxygen atoms in total. The van der Waals surface area contributed by atoms with Crippen molar-refractivity contribution in [1.82, 2.24) is 24.6 Å². The third-order valence-electron chi connectivity index (χ3n) is 6.10. The number of aromatic nitrogens is 3. The average Bonchev–Trinajstić information content (AvgIpc) is 3.34. The number of amides is 1. The zero-order chi connectivity index (χ0) is 21.8. The first-order chi connectivity index (χ1) is 15.0. The van der Waals surface area contributed by atoms with Gasteiger partial charge in [0.25, 0.3) is 0 Å². The summed E-state index contributed by atoms with van der Waals surface area (Å²) in [6.45, 7) is 7.94. The lowest BCUT2D eigenvalue weighted by atomic mass is 10.1. The quantitative estimate of drug-likeness (QED) is 0.616. The van der Waals surface area contributed by atoms with E-state index in [1.807, 2.05) is 24.1 Å². The van der Waals surface area contributed by atoms with Crippen LogP contribution in [0.4, 0.5) is 5.69 Å². The second kappa shape index (κ2) is 9.31. The minimum Gasteiger partial charge on any atom is -0.368 e. The number of carbonyl (C=O) groups is 1. The predicted molar refractivity (Wildman–Crippen MR) is 122 cm³/mol. The van der Waals surface area contributed by atoms with E-state index in [0.29, 0.717) is 6.54 Å². The molecular formula is C24H30N6O. The molecule has 0 aliphatic carbocycles. The van der Waals surface area contributed by atoms with Crippen molar-refractivity contribution < 1.29 is 4.79 Å². The second-order valence-corrected chi connectivity index (χ2v) is 8.23. The zero-order valence-electron chi connectivity index (χ0n) is 18.5. The summed E-state index contributed by atoms with van der Waals surface area (Å²) in [5.74, 6) is 0.192. The predicted octanol–water partition coefficient (Wildman–Crippen LogP) is 2.92. The van der Waals surface area contributed by atoms with Gasteiger partial charge < -0.3 is 9.80 Å². The summed E-state index contributed by atoms with van der Waals surface area (Å²) in [5, 5.41) is 4.16. The Morgan fingerprint density at radius 2 is 1.81 bits per heavy atom. The lowest BCUT2D eigenvalue weighted by molar-refractivity contribution is -0.132. The van der Waals surface area contributed by atoms with E-state index >= 15 is 0 Å². The van der Waals surface area contributed by atoms with Crippen LogP contribution in [0.2, 0.25) is 0 Å². The van der Waals surface area contributed by atoms with Crippen LogP contribution in [0.5, 0.6) is 0 Å². The molecule has 1 amide bonds. The highest BCUT2D eigenvalue weighted by Crippen LogP contribution is 2.21. The molecule has 1 unspecified atom stereocenters. The van der Waals surface area contributed by atoms with Crippen molar-refractivity contribution >= 4 is 11.6 Å². The van der Waals surface area contributed by atoms with Gasteiger partial charge in [0.1, 0.15) is 12.7 Å². The molecule has 0 bridgehead atoms. The van der Waals surface area contributed by atoms with Crippen molar-refractivity contribution in [2.75, 3.05) is 44.7 Å². The summed E-state index contributed by atoms with van der Waals surface area (Å²) in [6, 6.07) is 16.9. The summed E-state index contributed by atoms with van der Waals surface area (Å²) in [4.78, 5) is 23.3. The van der Waals surface area contributed by atoms with E-state index in [9.17, 15) is 4.79 Å². The number of piperazine rings is 1. The van der Waals surface area contributed by atoms with Crippen molar-refractivity contribution in [3.63, 3.8) is 0 Å². The fourth-order valence-electron chi connectivity index (χ4n) is 3.99. The largest absolute Gasteiger partial charge is 0.368 e. The Bertz CT molecular complexity index is 993. The third-order valence-corrected chi connectivity index (χ3v) is 6.10. The molecular weight excluding hydrogens is 388 g/mol. The van der Waals surface area contributed by atoms with Crippen LogP contribution in [-0.2, 0) is 4.79 Å². The number of rotatable bonds is 6. The van der Waals surface area contributed by atoms with Gasteiger partial charge in [0.05, 0.1) is 12.2 Å². The van der Waals surface area contributed by atoms with Gasteiger partial charge in [0.2, 0.25) is 5.91 Å². The van der Waals surface area contributed by atoms with Crippen LogP contribution < -0.4 is 4.90 Å². The van der Waals surface area contributed by atoms with Crippen molar-refractivity contribution in [2.24, 2.45) is 0 Å². The fourth-order valence-corrected chi connectivity index (χ4v) is 3.99. The Morgan fingerprint density at radius 3 is 2.45 bits per heavy atom. The Hall–Kier alpha value is -3.19. The summed E-state index contributed by atoms with van der Waals surface area (Å²) in [5.41, 5.74) is 4.65. The van der Waals surface area contributed by atoms with E-state index < -0.39 is 0 Å². The molecule has 2 heterocycles. The Kier molecular flexibility index (Phi) is 6.32. The molecule has 1 aliphatic rings.